The molecular formula is C22H25ClFN5O3. The zero-order valence-electron chi connectivity index (χ0n) is 17.4. The molecule has 0 atom stereocenters. The van der Waals surface area contributed by atoms with Crippen molar-refractivity contribution < 1.29 is 18.8 Å². The van der Waals surface area contributed by atoms with Gasteiger partial charge in [0.2, 0.25) is 11.8 Å². The first kappa shape index (κ1) is 23.3. The van der Waals surface area contributed by atoms with Crippen LogP contribution >= 0.6 is 11.6 Å². The maximum atomic E-state index is 12.9. The maximum absolute atomic E-state index is 12.9. The van der Waals surface area contributed by atoms with Gasteiger partial charge in [0.05, 0.1) is 13.1 Å². The second-order valence-corrected chi connectivity index (χ2v) is 7.72. The van der Waals surface area contributed by atoms with Gasteiger partial charge in [0, 0.05) is 43.4 Å². The molecule has 1 fully saturated rings. The largest absolute Gasteiger partial charge is 0.368 e. The van der Waals surface area contributed by atoms with Gasteiger partial charge >= 0.3 is 6.03 Å². The molecule has 1 aliphatic heterocycles. The topological polar surface area (TPSA) is 93.8 Å². The van der Waals surface area contributed by atoms with Gasteiger partial charge in [-0.2, -0.15) is 0 Å². The van der Waals surface area contributed by atoms with E-state index in [1.165, 1.54) is 12.1 Å². The van der Waals surface area contributed by atoms with Crippen LogP contribution in [-0.4, -0.2) is 62.0 Å². The predicted octanol–water partition coefficient (Wildman–Crippen LogP) is 1.74. The summed E-state index contributed by atoms with van der Waals surface area (Å²) in [5.74, 6) is -0.995. The van der Waals surface area contributed by atoms with Crippen LogP contribution < -0.4 is 20.9 Å². The van der Waals surface area contributed by atoms with Gasteiger partial charge in [-0.15, -0.1) is 0 Å². The molecule has 0 spiro atoms. The van der Waals surface area contributed by atoms with E-state index in [4.69, 9.17) is 11.6 Å². The Labute approximate surface area is 190 Å². The number of urea groups is 1. The highest BCUT2D eigenvalue weighted by Gasteiger charge is 2.21. The monoisotopic (exact) mass is 461 g/mol. The molecule has 2 aromatic rings. The first-order valence-corrected chi connectivity index (χ1v) is 10.6. The standard InChI is InChI=1S/C22H25ClFN5O3/c23-17-2-1-3-19(12-17)28-8-10-29(11-9-28)21(31)15-25-20(30)14-27-22(32)26-13-16-4-6-18(24)7-5-16/h1-7,12H,8-11,13-15H2,(H,25,30)(H2,26,27,32). The van der Waals surface area contributed by atoms with Crippen LogP contribution in [-0.2, 0) is 16.1 Å². The molecule has 8 nitrogen and oxygen atoms in total. The lowest BCUT2D eigenvalue weighted by Crippen LogP contribution is -2.52. The molecule has 4 amide bonds. The number of nitrogens with one attached hydrogen (secondary N) is 3. The predicted molar refractivity (Wildman–Crippen MR) is 120 cm³/mol. The van der Waals surface area contributed by atoms with E-state index in [9.17, 15) is 18.8 Å². The summed E-state index contributed by atoms with van der Waals surface area (Å²) in [6, 6.07) is 12.8. The van der Waals surface area contributed by atoms with Gasteiger partial charge in [0.1, 0.15) is 5.82 Å². The van der Waals surface area contributed by atoms with Gasteiger partial charge in [-0.05, 0) is 35.9 Å². The molecule has 0 aromatic heterocycles. The van der Waals surface area contributed by atoms with Gasteiger partial charge < -0.3 is 25.8 Å². The summed E-state index contributed by atoms with van der Waals surface area (Å²) >= 11 is 6.04. The number of anilines is 1. The molecule has 1 heterocycles. The fourth-order valence-corrected chi connectivity index (χ4v) is 3.43. The van der Waals surface area contributed by atoms with Crippen molar-refractivity contribution in [2.75, 3.05) is 44.2 Å². The zero-order chi connectivity index (χ0) is 22.9. The molecule has 0 bridgehead atoms. The number of rotatable bonds is 7. The normalized spacial score (nSPS) is 13.4. The molecule has 0 radical (unpaired) electrons. The molecule has 0 unspecified atom stereocenters. The number of amides is 4. The number of hydrogen-bond donors (Lipinski definition) is 3. The maximum Gasteiger partial charge on any atom is 0.315 e. The lowest BCUT2D eigenvalue weighted by atomic mass is 10.2. The van der Waals surface area contributed by atoms with Gasteiger partial charge in [0.15, 0.2) is 0 Å². The lowest BCUT2D eigenvalue weighted by Gasteiger charge is -2.36. The molecule has 0 saturated carbocycles. The number of benzene rings is 2. The van der Waals surface area contributed by atoms with Crippen LogP contribution in [0.25, 0.3) is 0 Å². The molecule has 2 aromatic carbocycles. The van der Waals surface area contributed by atoms with Crippen LogP contribution in [0.4, 0.5) is 14.9 Å². The van der Waals surface area contributed by atoms with Gasteiger partial charge in [0.25, 0.3) is 0 Å². The van der Waals surface area contributed by atoms with Gasteiger partial charge in [-0.3, -0.25) is 9.59 Å². The van der Waals surface area contributed by atoms with E-state index in [1.54, 1.807) is 17.0 Å². The summed E-state index contributed by atoms with van der Waals surface area (Å²) < 4.78 is 12.9. The van der Waals surface area contributed by atoms with Crippen LogP contribution in [0.5, 0.6) is 0 Å². The van der Waals surface area contributed by atoms with Crippen LogP contribution in [0.3, 0.4) is 0 Å². The number of halogens is 2. The van der Waals surface area contributed by atoms with E-state index >= 15 is 0 Å². The van der Waals surface area contributed by atoms with Crippen LogP contribution in [0.1, 0.15) is 5.56 Å². The second kappa shape index (κ2) is 11.3. The van der Waals surface area contributed by atoms with Gasteiger partial charge in [-0.1, -0.05) is 29.8 Å². The summed E-state index contributed by atoms with van der Waals surface area (Å²) in [4.78, 5) is 39.9. The molecular weight excluding hydrogens is 437 g/mol. The number of hydrogen-bond acceptors (Lipinski definition) is 4. The minimum Gasteiger partial charge on any atom is -0.368 e. The van der Waals surface area contributed by atoms with Crippen molar-refractivity contribution in [3.8, 4) is 0 Å². The van der Waals surface area contributed by atoms with Crippen molar-refractivity contribution >= 4 is 35.1 Å². The van der Waals surface area contributed by atoms with E-state index < -0.39 is 11.9 Å². The Morgan fingerprint density at radius 3 is 2.31 bits per heavy atom. The Balaban J connectivity index is 1.31. The highest BCUT2D eigenvalue weighted by Crippen LogP contribution is 2.20. The van der Waals surface area contributed by atoms with Crippen molar-refractivity contribution in [1.82, 2.24) is 20.9 Å². The first-order chi connectivity index (χ1) is 15.4. The van der Waals surface area contributed by atoms with Crippen molar-refractivity contribution in [1.29, 1.82) is 0 Å². The average Bonchev–Trinajstić information content (AvgIpc) is 2.81. The zero-order valence-corrected chi connectivity index (χ0v) is 18.2. The smallest absolute Gasteiger partial charge is 0.315 e. The number of nitrogens with zero attached hydrogens (tertiary/aromatic N) is 2. The Hall–Kier alpha value is -3.33. The molecule has 3 rings (SSSR count). The first-order valence-electron chi connectivity index (χ1n) is 10.2. The molecule has 170 valence electrons. The minimum atomic E-state index is -0.534. The summed E-state index contributed by atoms with van der Waals surface area (Å²) in [7, 11) is 0. The molecule has 3 N–H and O–H groups in total. The van der Waals surface area contributed by atoms with Crippen molar-refractivity contribution in [2.24, 2.45) is 0 Å². The Bertz CT molecular complexity index is 949. The third-order valence-electron chi connectivity index (χ3n) is 5.02. The van der Waals surface area contributed by atoms with E-state index in [2.05, 4.69) is 20.9 Å². The summed E-state index contributed by atoms with van der Waals surface area (Å²) in [5.41, 5.74) is 1.74. The van der Waals surface area contributed by atoms with E-state index in [1.807, 2.05) is 24.3 Å². The molecule has 1 saturated heterocycles. The van der Waals surface area contributed by atoms with Crippen LogP contribution in [0.15, 0.2) is 48.5 Å². The van der Waals surface area contributed by atoms with Crippen LogP contribution in [0.2, 0.25) is 5.02 Å². The fourth-order valence-electron chi connectivity index (χ4n) is 3.24. The molecule has 10 heteroatoms. The molecule has 0 aliphatic carbocycles. The average molecular weight is 462 g/mol. The SMILES string of the molecule is O=C(CNC(=O)NCc1ccc(F)cc1)NCC(=O)N1CCN(c2cccc(Cl)c2)CC1. The van der Waals surface area contributed by atoms with Gasteiger partial charge in [-0.25, -0.2) is 9.18 Å². The highest BCUT2D eigenvalue weighted by atomic mass is 35.5. The second-order valence-electron chi connectivity index (χ2n) is 7.29. The Morgan fingerprint density at radius 2 is 1.62 bits per heavy atom. The summed E-state index contributed by atoms with van der Waals surface area (Å²) in [6.07, 6.45) is 0. The number of carbonyl (C=O) groups excluding carboxylic acids is 3. The molecule has 1 aliphatic rings. The third kappa shape index (κ3) is 7.12. The van der Waals surface area contributed by atoms with Crippen molar-refractivity contribution in [3.63, 3.8) is 0 Å². The molecule has 32 heavy (non-hydrogen) atoms. The minimum absolute atomic E-state index is 0.130. The quantitative estimate of drug-likeness (QED) is 0.585. The van der Waals surface area contributed by atoms with Crippen molar-refractivity contribution in [3.05, 3.63) is 64.9 Å². The summed E-state index contributed by atoms with van der Waals surface area (Å²) in [5, 5.41) is 8.18. The fraction of sp³-hybridized carbons (Fsp3) is 0.318. The van der Waals surface area contributed by atoms with Crippen LogP contribution in [0, 0.1) is 5.82 Å². The van der Waals surface area contributed by atoms with Crippen molar-refractivity contribution in [2.45, 2.75) is 6.54 Å². The third-order valence-corrected chi connectivity index (χ3v) is 5.25. The van der Waals surface area contributed by atoms with E-state index in [0.717, 1.165) is 11.3 Å². The Morgan fingerprint density at radius 1 is 0.906 bits per heavy atom. The lowest BCUT2D eigenvalue weighted by molar-refractivity contribution is -0.132. The number of carbonyl (C=O) groups is 3. The summed E-state index contributed by atoms with van der Waals surface area (Å²) in [6.45, 7) is 2.26. The highest BCUT2D eigenvalue weighted by molar-refractivity contribution is 6.30. The van der Waals surface area contributed by atoms with E-state index in [-0.39, 0.29) is 31.4 Å². The number of piperazine rings is 1. The Kier molecular flexibility index (Phi) is 8.27. The van der Waals surface area contributed by atoms with E-state index in [0.29, 0.717) is 31.2 Å².